The van der Waals surface area contributed by atoms with Gasteiger partial charge in [-0.25, -0.2) is 0 Å². The van der Waals surface area contributed by atoms with E-state index in [1.807, 2.05) is 14.0 Å². The van der Waals surface area contributed by atoms with Crippen molar-refractivity contribution in [1.82, 2.24) is 20.4 Å². The van der Waals surface area contributed by atoms with E-state index < -0.39 is 0 Å². The molecule has 0 fully saturated rings. The molecule has 0 aliphatic rings. The van der Waals surface area contributed by atoms with E-state index in [-0.39, 0.29) is 24.0 Å². The Morgan fingerprint density at radius 2 is 2.17 bits per heavy atom. The molecule has 2 heterocycles. The molecule has 134 valence electrons. The first kappa shape index (κ1) is 21.0. The molecule has 0 amide bonds. The summed E-state index contributed by atoms with van der Waals surface area (Å²) < 4.78 is 2.06. The molecule has 5 nitrogen and oxygen atoms in total. The van der Waals surface area contributed by atoms with Gasteiger partial charge in [-0.3, -0.25) is 9.67 Å². The maximum atomic E-state index is 4.48. The van der Waals surface area contributed by atoms with Crippen molar-refractivity contribution in [3.63, 3.8) is 0 Å². The standard InChI is InChI=1S/C17H27N5S.HI/c1-13(16-6-9-23-12-16)11-20-17(18-4)19-7-5-8-22-15(3)10-14(2)21-22;/h6,9-10,12-13H,5,7-8,11H2,1-4H3,(H2,18,19,20);1H. The van der Waals surface area contributed by atoms with Gasteiger partial charge in [0.15, 0.2) is 5.96 Å². The number of rotatable bonds is 7. The van der Waals surface area contributed by atoms with Gasteiger partial charge in [0.05, 0.1) is 5.69 Å². The molecule has 7 heteroatoms. The molecule has 2 aromatic heterocycles. The highest BCUT2D eigenvalue weighted by molar-refractivity contribution is 14.0. The third-order valence-electron chi connectivity index (χ3n) is 3.85. The van der Waals surface area contributed by atoms with Gasteiger partial charge in [-0.15, -0.1) is 24.0 Å². The summed E-state index contributed by atoms with van der Waals surface area (Å²) in [5, 5.41) is 15.6. The van der Waals surface area contributed by atoms with Gasteiger partial charge in [-0.2, -0.15) is 16.4 Å². The highest BCUT2D eigenvalue weighted by Crippen LogP contribution is 2.16. The second-order valence-corrected chi connectivity index (χ2v) is 6.62. The van der Waals surface area contributed by atoms with E-state index in [0.717, 1.165) is 37.7 Å². The molecule has 1 atom stereocenters. The van der Waals surface area contributed by atoms with Crippen LogP contribution in [0, 0.1) is 13.8 Å². The number of nitrogens with zero attached hydrogens (tertiary/aromatic N) is 3. The summed E-state index contributed by atoms with van der Waals surface area (Å²) in [4.78, 5) is 4.28. The topological polar surface area (TPSA) is 54.2 Å². The molecule has 2 N–H and O–H groups in total. The largest absolute Gasteiger partial charge is 0.356 e. The van der Waals surface area contributed by atoms with E-state index in [4.69, 9.17) is 0 Å². The van der Waals surface area contributed by atoms with Gasteiger partial charge in [-0.05, 0) is 54.6 Å². The minimum absolute atomic E-state index is 0. The summed E-state index contributed by atoms with van der Waals surface area (Å²) in [7, 11) is 1.81. The van der Waals surface area contributed by atoms with Crippen molar-refractivity contribution in [2.24, 2.45) is 4.99 Å². The number of halogens is 1. The zero-order valence-electron chi connectivity index (χ0n) is 14.9. The van der Waals surface area contributed by atoms with Crippen LogP contribution in [-0.4, -0.2) is 35.9 Å². The van der Waals surface area contributed by atoms with Gasteiger partial charge < -0.3 is 10.6 Å². The first-order valence-electron chi connectivity index (χ1n) is 8.08. The molecule has 1 unspecified atom stereocenters. The third kappa shape index (κ3) is 6.43. The average molecular weight is 461 g/mol. The van der Waals surface area contributed by atoms with E-state index in [1.54, 1.807) is 11.3 Å². The normalized spacial score (nSPS) is 12.6. The van der Waals surface area contributed by atoms with Crippen molar-refractivity contribution >= 4 is 41.3 Å². The number of hydrogen-bond donors (Lipinski definition) is 2. The fourth-order valence-electron chi connectivity index (χ4n) is 2.48. The number of aliphatic imine (C=N–C) groups is 1. The van der Waals surface area contributed by atoms with E-state index >= 15 is 0 Å². The van der Waals surface area contributed by atoms with Crippen LogP contribution in [0.5, 0.6) is 0 Å². The molecule has 0 aliphatic heterocycles. The molecule has 24 heavy (non-hydrogen) atoms. The molecular formula is C17H28IN5S. The van der Waals surface area contributed by atoms with Crippen LogP contribution in [0.1, 0.15) is 36.2 Å². The van der Waals surface area contributed by atoms with E-state index in [1.165, 1.54) is 11.3 Å². The fourth-order valence-corrected chi connectivity index (χ4v) is 3.26. The molecule has 2 aromatic rings. The average Bonchev–Trinajstić information content (AvgIpc) is 3.16. The van der Waals surface area contributed by atoms with Crippen LogP contribution in [0.15, 0.2) is 27.9 Å². The lowest BCUT2D eigenvalue weighted by atomic mass is 10.1. The Labute approximate surface area is 166 Å². The van der Waals surface area contributed by atoms with E-state index in [2.05, 4.69) is 62.1 Å². The van der Waals surface area contributed by atoms with E-state index in [0.29, 0.717) is 5.92 Å². The number of guanidine groups is 1. The maximum Gasteiger partial charge on any atom is 0.190 e. The summed E-state index contributed by atoms with van der Waals surface area (Å²) in [6.07, 6.45) is 1.02. The lowest BCUT2D eigenvalue weighted by Crippen LogP contribution is -2.39. The van der Waals surface area contributed by atoms with Gasteiger partial charge >= 0.3 is 0 Å². The Kier molecular flexibility index (Phi) is 9.35. The Balaban J connectivity index is 0.00000288. The third-order valence-corrected chi connectivity index (χ3v) is 4.56. The Morgan fingerprint density at radius 1 is 1.38 bits per heavy atom. The predicted octanol–water partition coefficient (Wildman–Crippen LogP) is 3.54. The van der Waals surface area contributed by atoms with Gasteiger partial charge in [0.25, 0.3) is 0 Å². The molecule has 0 bridgehead atoms. The van der Waals surface area contributed by atoms with Crippen LogP contribution in [0.2, 0.25) is 0 Å². The van der Waals surface area contributed by atoms with Crippen LogP contribution in [0.4, 0.5) is 0 Å². The number of hydrogen-bond acceptors (Lipinski definition) is 3. The van der Waals surface area contributed by atoms with Crippen LogP contribution in [0.25, 0.3) is 0 Å². The highest BCUT2D eigenvalue weighted by atomic mass is 127. The minimum atomic E-state index is 0. The number of nitrogens with one attached hydrogen (secondary N) is 2. The summed E-state index contributed by atoms with van der Waals surface area (Å²) >= 11 is 1.74. The first-order chi connectivity index (χ1) is 11.1. The first-order valence-corrected chi connectivity index (χ1v) is 9.02. The molecular weight excluding hydrogens is 433 g/mol. The van der Waals surface area contributed by atoms with Crippen molar-refractivity contribution in [1.29, 1.82) is 0 Å². The lowest BCUT2D eigenvalue weighted by molar-refractivity contribution is 0.554. The smallest absolute Gasteiger partial charge is 0.190 e. The molecule has 0 spiro atoms. The van der Waals surface area contributed by atoms with Gasteiger partial charge in [-0.1, -0.05) is 6.92 Å². The fraction of sp³-hybridized carbons (Fsp3) is 0.529. The minimum Gasteiger partial charge on any atom is -0.356 e. The zero-order valence-corrected chi connectivity index (χ0v) is 18.0. The van der Waals surface area contributed by atoms with Crippen LogP contribution >= 0.6 is 35.3 Å². The zero-order chi connectivity index (χ0) is 16.7. The molecule has 0 saturated heterocycles. The monoisotopic (exact) mass is 461 g/mol. The Morgan fingerprint density at radius 3 is 2.75 bits per heavy atom. The number of aromatic nitrogens is 2. The van der Waals surface area contributed by atoms with Gasteiger partial charge in [0.1, 0.15) is 0 Å². The summed E-state index contributed by atoms with van der Waals surface area (Å²) in [6, 6.07) is 4.29. The SMILES string of the molecule is CN=C(NCCCn1nc(C)cc1C)NCC(C)c1ccsc1.I. The summed E-state index contributed by atoms with van der Waals surface area (Å²) in [5.41, 5.74) is 3.67. The molecule has 0 aliphatic carbocycles. The van der Waals surface area contributed by atoms with Crippen LogP contribution in [-0.2, 0) is 6.54 Å². The molecule has 0 aromatic carbocycles. The lowest BCUT2D eigenvalue weighted by Gasteiger charge is -2.15. The van der Waals surface area contributed by atoms with Crippen molar-refractivity contribution in [3.8, 4) is 0 Å². The van der Waals surface area contributed by atoms with Crippen LogP contribution in [0.3, 0.4) is 0 Å². The Bertz CT molecular complexity index is 621. The second kappa shape index (κ2) is 10.7. The van der Waals surface area contributed by atoms with Crippen molar-refractivity contribution in [2.75, 3.05) is 20.1 Å². The number of aryl methyl sites for hydroxylation is 3. The Hall–Kier alpha value is -1.09. The van der Waals surface area contributed by atoms with Crippen molar-refractivity contribution < 1.29 is 0 Å². The van der Waals surface area contributed by atoms with Gasteiger partial charge in [0, 0.05) is 32.4 Å². The van der Waals surface area contributed by atoms with Crippen molar-refractivity contribution in [2.45, 2.75) is 39.7 Å². The molecule has 2 rings (SSSR count). The van der Waals surface area contributed by atoms with E-state index in [9.17, 15) is 0 Å². The second-order valence-electron chi connectivity index (χ2n) is 5.84. The van der Waals surface area contributed by atoms with Gasteiger partial charge in [0.2, 0.25) is 0 Å². The highest BCUT2D eigenvalue weighted by Gasteiger charge is 2.07. The summed E-state index contributed by atoms with van der Waals surface area (Å²) in [5.74, 6) is 1.34. The van der Waals surface area contributed by atoms with Crippen molar-refractivity contribution in [3.05, 3.63) is 39.8 Å². The quantitative estimate of drug-likeness (QED) is 0.287. The molecule has 0 radical (unpaired) electrons. The molecule has 0 saturated carbocycles. The number of thiophene rings is 1. The predicted molar refractivity (Wildman–Crippen MR) is 114 cm³/mol. The summed E-state index contributed by atoms with van der Waals surface area (Å²) in [6.45, 7) is 9.04. The maximum absolute atomic E-state index is 4.48. The van der Waals surface area contributed by atoms with Crippen LogP contribution < -0.4 is 10.6 Å².